The molecule has 644 valence electrons. The van der Waals surface area contributed by atoms with Crippen LogP contribution >= 0.6 is 70.5 Å². The van der Waals surface area contributed by atoms with Gasteiger partial charge in [0.2, 0.25) is 23.6 Å². The zero-order valence-electron chi connectivity index (χ0n) is 61.1. The second kappa shape index (κ2) is 41.4. The van der Waals surface area contributed by atoms with E-state index in [-0.39, 0.29) is 119 Å². The lowest BCUT2D eigenvalue weighted by Gasteiger charge is -2.30. The first kappa shape index (κ1) is 96.3. The van der Waals surface area contributed by atoms with E-state index >= 15 is 0 Å². The number of aromatic hydroxyl groups is 2. The number of hydrogen-bond acceptors (Lipinski definition) is 38. The van der Waals surface area contributed by atoms with Crippen LogP contribution in [0, 0.1) is 10.8 Å². The average Bonchev–Trinajstić information content (AvgIpc) is 1.62. The Balaban J connectivity index is 0.000000321. The average molecular weight is 1800 g/mol. The van der Waals surface area contributed by atoms with Gasteiger partial charge >= 0.3 is 46.9 Å². The van der Waals surface area contributed by atoms with Crippen LogP contribution < -0.4 is 32.7 Å². The van der Waals surface area contributed by atoms with Gasteiger partial charge in [0.15, 0.2) is 45.6 Å². The van der Waals surface area contributed by atoms with Crippen LogP contribution in [0.1, 0.15) is 64.1 Å². The van der Waals surface area contributed by atoms with E-state index in [1.165, 1.54) is 52.0 Å². The van der Waals surface area contributed by atoms with Gasteiger partial charge in [0.1, 0.15) is 84.0 Å². The zero-order valence-corrected chi connectivity index (χ0v) is 68.1. The fourth-order valence-electron chi connectivity index (χ4n) is 10.4. The number of anilines is 2. The summed E-state index contributed by atoms with van der Waals surface area (Å²) in [5, 5.41) is 71.4. The smallest absolute Gasteiger partial charge is 0.481 e. The number of fused-ring (bicyclic) bond motifs is 2. The number of nitrogens with one attached hydrogen (secondary N) is 4. The molecule has 0 spiro atoms. The number of phenolic OH excluding ortho intramolecular Hbond substituents is 2. The number of hydrogen-bond donors (Lipinski definition) is 20. The van der Waals surface area contributed by atoms with Gasteiger partial charge in [0.25, 0.3) is 0 Å². The topological polar surface area (TPSA) is 768 Å². The van der Waals surface area contributed by atoms with Crippen molar-refractivity contribution in [2.75, 3.05) is 75.6 Å². The number of ether oxygens (including phenoxy) is 2. The Bertz CT molecular complexity index is 4470. The molecule has 22 N–H and O–H groups in total. The van der Waals surface area contributed by atoms with E-state index in [1.807, 2.05) is 0 Å². The van der Waals surface area contributed by atoms with Crippen molar-refractivity contribution in [3.05, 3.63) is 85.0 Å². The zero-order chi connectivity index (χ0) is 86.1. The van der Waals surface area contributed by atoms with Crippen molar-refractivity contribution >= 4 is 138 Å². The molecule has 58 heteroatoms. The lowest BCUT2D eigenvalue weighted by atomic mass is 9.87. The van der Waals surface area contributed by atoms with Gasteiger partial charge in [-0.15, -0.1) is 0 Å². The molecular formula is C58H84N14O36P6S2. The molecule has 0 bridgehead atoms. The maximum atomic E-state index is 12.7. The highest BCUT2D eigenvalue weighted by Gasteiger charge is 2.53. The Kier molecular flexibility index (Phi) is 34.4. The summed E-state index contributed by atoms with van der Waals surface area (Å²) in [6, 6.07) is 12.5. The van der Waals surface area contributed by atoms with Crippen LogP contribution in [0.3, 0.4) is 0 Å². The van der Waals surface area contributed by atoms with Gasteiger partial charge in [0.05, 0.1) is 39.1 Å². The molecule has 0 aliphatic carbocycles. The van der Waals surface area contributed by atoms with Gasteiger partial charge in [-0.25, -0.2) is 57.3 Å². The first-order valence-electron chi connectivity index (χ1n) is 33.6. The number of nitrogen functional groups attached to an aromatic ring is 2. The standard InChI is InChI=1S/2C29H42N7O18P3S/c2*1-29(2,24(41)27(42)32-7-6-19(38)31-8-9-58-20(39)11-16-4-3-5-17(37)10-16)13-51-57(48,49)54-56(46,47)50-12-18-23(53-55(43,44)45)22(40)28(52-18)36-15-35-21-25(30)33-14-34-26(21)36/h2*3-5,10,14-15,18,22-24,28,37,40-41H,6-9,11-13H2,1-2H3,(H,31,38)(H,32,42)(H,46,47)(H,48,49)(H2,30,33,34)(H2,43,44,45)/t2*18-,22-,23-,24+,28-/m11/s1. The molecule has 50 nitrogen and oxygen atoms in total. The first-order valence-corrected chi connectivity index (χ1v) is 44.6. The van der Waals surface area contributed by atoms with Crippen LogP contribution in [-0.2, 0) is 114 Å². The maximum absolute atomic E-state index is 12.7. The van der Waals surface area contributed by atoms with Crippen LogP contribution in [0.5, 0.6) is 11.5 Å². The van der Waals surface area contributed by atoms with Crippen molar-refractivity contribution in [3.8, 4) is 11.5 Å². The molecule has 0 saturated carbocycles. The second-order valence-corrected chi connectivity index (χ2v) is 37.0. The van der Waals surface area contributed by atoms with Crippen molar-refractivity contribution in [3.63, 3.8) is 0 Å². The quantitative estimate of drug-likeness (QED) is 0.0165. The van der Waals surface area contributed by atoms with Gasteiger partial charge in [-0.2, -0.15) is 8.62 Å². The summed E-state index contributed by atoms with van der Waals surface area (Å²) in [5.41, 5.74) is 9.74. The van der Waals surface area contributed by atoms with Crippen LogP contribution in [0.25, 0.3) is 22.3 Å². The molecular weight excluding hydrogens is 1720 g/mol. The largest absolute Gasteiger partial charge is 0.508 e. The molecule has 116 heavy (non-hydrogen) atoms. The van der Waals surface area contributed by atoms with Crippen molar-refractivity contribution in [2.45, 2.75) is 115 Å². The minimum absolute atomic E-state index is 0.0249. The molecule has 2 aromatic carbocycles. The predicted octanol–water partition coefficient (Wildman–Crippen LogP) is -0.774. The number of benzene rings is 2. The minimum Gasteiger partial charge on any atom is -0.508 e. The number of aromatic nitrogens is 8. The Morgan fingerprint density at radius 2 is 0.879 bits per heavy atom. The number of phosphoric acid groups is 6. The maximum Gasteiger partial charge on any atom is 0.481 e. The third-order valence-corrected chi connectivity index (χ3v) is 24.0. The highest BCUT2D eigenvalue weighted by atomic mass is 32.2. The number of amides is 4. The molecule has 8 rings (SSSR count). The van der Waals surface area contributed by atoms with E-state index in [1.54, 1.807) is 24.3 Å². The van der Waals surface area contributed by atoms with E-state index in [4.69, 9.17) is 39.0 Å². The number of phenols is 2. The monoisotopic (exact) mass is 1800 g/mol. The third kappa shape index (κ3) is 29.8. The number of nitrogens with two attached hydrogens (primary N) is 2. The highest BCUT2D eigenvalue weighted by molar-refractivity contribution is 8.13. The molecule has 6 aromatic rings. The number of thioether (sulfide) groups is 2. The molecule has 6 heterocycles. The molecule has 4 amide bonds. The lowest BCUT2D eigenvalue weighted by molar-refractivity contribution is -0.137. The van der Waals surface area contributed by atoms with E-state index in [9.17, 15) is 126 Å². The normalized spacial score (nSPS) is 21.2. The minimum atomic E-state index is -5.58. The fraction of sp³-hybridized carbons (Fsp3) is 0.517. The van der Waals surface area contributed by atoms with Gasteiger partial charge < -0.3 is 112 Å². The Morgan fingerprint density at radius 1 is 0.526 bits per heavy atom. The van der Waals surface area contributed by atoms with Gasteiger partial charge in [-0.1, -0.05) is 75.5 Å². The fourth-order valence-corrected chi connectivity index (χ4v) is 17.4. The molecule has 4 unspecified atom stereocenters. The summed E-state index contributed by atoms with van der Waals surface area (Å²) < 4.78 is 124. The van der Waals surface area contributed by atoms with E-state index in [0.717, 1.165) is 58.0 Å². The van der Waals surface area contributed by atoms with Crippen molar-refractivity contribution in [1.82, 2.24) is 60.3 Å². The van der Waals surface area contributed by atoms with Crippen LogP contribution in [0.15, 0.2) is 73.8 Å². The Morgan fingerprint density at radius 3 is 1.22 bits per heavy atom. The molecule has 4 aromatic heterocycles. The van der Waals surface area contributed by atoms with Gasteiger partial charge in [-0.05, 0) is 35.4 Å². The number of imidazole rings is 2. The number of rotatable bonds is 42. The molecule has 0 radical (unpaired) electrons. The summed E-state index contributed by atoms with van der Waals surface area (Å²) in [5.74, 6) is -2.42. The highest BCUT2D eigenvalue weighted by Crippen LogP contribution is 2.63. The predicted molar refractivity (Wildman–Crippen MR) is 398 cm³/mol. The molecule has 2 saturated heterocycles. The second-order valence-electron chi connectivity index (χ2n) is 26.3. The van der Waals surface area contributed by atoms with E-state index < -0.39 is 169 Å². The van der Waals surface area contributed by atoms with E-state index in [2.05, 4.69) is 68.8 Å². The Hall–Kier alpha value is -6.84. The van der Waals surface area contributed by atoms with Crippen LogP contribution in [-0.4, -0.2) is 256 Å². The first-order chi connectivity index (χ1) is 53.9. The summed E-state index contributed by atoms with van der Waals surface area (Å²) in [4.78, 5) is 176. The molecule has 14 atom stereocenters. The van der Waals surface area contributed by atoms with Gasteiger partial charge in [-0.3, -0.25) is 65.0 Å². The van der Waals surface area contributed by atoms with E-state index in [0.29, 0.717) is 11.1 Å². The number of carbonyl (C=O) groups excluding carboxylic acids is 6. The van der Waals surface area contributed by atoms with Crippen molar-refractivity contribution in [2.24, 2.45) is 10.8 Å². The van der Waals surface area contributed by atoms with Crippen LogP contribution in [0.4, 0.5) is 11.6 Å². The number of aliphatic hydroxyl groups is 4. The molecule has 2 fully saturated rings. The van der Waals surface area contributed by atoms with Crippen molar-refractivity contribution in [1.29, 1.82) is 0 Å². The summed E-state index contributed by atoms with van der Waals surface area (Å²) in [6.07, 6.45) is -13.8. The third-order valence-electron chi connectivity index (χ3n) is 16.0. The number of aliphatic hydroxyl groups excluding tert-OH is 4. The summed E-state index contributed by atoms with van der Waals surface area (Å²) >= 11 is 1.98. The number of nitrogens with zero attached hydrogens (tertiary/aromatic N) is 8. The summed E-state index contributed by atoms with van der Waals surface area (Å²) in [6.45, 7) is 0.715. The molecule has 2 aliphatic rings. The lowest BCUT2D eigenvalue weighted by Crippen LogP contribution is -2.46. The number of phosphoric ester groups is 6. The summed E-state index contributed by atoms with van der Waals surface area (Å²) in [7, 11) is -32.9. The number of carbonyl (C=O) groups is 6. The SMILES string of the molecule is CC(C)(COP(=O)(O)OP(=O)(O)OC[C@H]1O[C@@H](n2cnc3c(N)ncnc32)[C@H](O)[C@@H]1OP(=O)(O)O)[C@@H](O)C(=O)NCCC(=O)NCCSC(=O)Cc1cccc(O)c1.CC(C)(COP(=O)(O)OP(=O)(O)OC[C@H]1O[C@@H](n2cnc3c(N)ncnc32)[C@H](O)[C@@H]1OP(=O)(O)O)[C@@H](O)C(=O)NCCC(=O)NCCSC(=O)Cc1cccc(O)c1. The van der Waals surface area contributed by atoms with Gasteiger partial charge in [0, 0.05) is 74.2 Å². The van der Waals surface area contributed by atoms with Crippen LogP contribution in [0.2, 0.25) is 0 Å². The van der Waals surface area contributed by atoms with Crippen molar-refractivity contribution < 1.29 is 171 Å². The molecule has 2 aliphatic heterocycles. The Labute approximate surface area is 664 Å².